The fourth-order valence-electron chi connectivity index (χ4n) is 9.15. The van der Waals surface area contributed by atoms with E-state index in [0.717, 1.165) is 34.0 Å². The third-order valence-corrected chi connectivity index (χ3v) is 12.8. The Balaban J connectivity index is 1.19. The molecule has 3 nitrogen and oxygen atoms in total. The molecule has 0 radical (unpaired) electrons. The summed E-state index contributed by atoms with van der Waals surface area (Å²) in [4.78, 5) is 2.38. The Morgan fingerprint density at radius 1 is 0.328 bits per heavy atom. The molecule has 12 aromatic rings. The Labute approximate surface area is 339 Å². The van der Waals surface area contributed by atoms with Gasteiger partial charge < -0.3 is 14.0 Å². The number of benzene rings is 9. The van der Waals surface area contributed by atoms with Gasteiger partial charge in [0.15, 0.2) is 0 Å². The average Bonchev–Trinajstić information content (AvgIpc) is 3.94. The first-order chi connectivity index (χ1) is 28.8. The maximum atomic E-state index is 2.47. The van der Waals surface area contributed by atoms with Gasteiger partial charge in [-0.2, -0.15) is 0 Å². The topological polar surface area (TPSA) is 13.1 Å². The molecule has 0 saturated heterocycles. The number of para-hydroxylation sites is 5. The van der Waals surface area contributed by atoms with Gasteiger partial charge in [-0.05, 0) is 96.6 Å². The number of hydrogen-bond donors (Lipinski definition) is 0. The molecule has 0 fully saturated rings. The van der Waals surface area contributed by atoms with E-state index in [1.54, 1.807) is 0 Å². The smallest absolute Gasteiger partial charge is 0.0621 e. The number of rotatable bonds is 6. The highest BCUT2D eigenvalue weighted by Crippen LogP contribution is 2.46. The standard InChI is InChI=1S/C54H35N3S/c1-4-16-37(17-5-1)55(38-18-6-2-7-19-38)41-34-46(54-48(35-41)43-23-11-14-26-50(43)57(54)39-20-8-3-9-21-39)36-28-30-44-42-22-10-13-25-49(42)56(51(44)32-36)40-29-31-53-47(33-40)45-24-12-15-27-52(45)58-53/h1-35H. The van der Waals surface area contributed by atoms with Crippen LogP contribution < -0.4 is 4.90 Å². The van der Waals surface area contributed by atoms with Crippen LogP contribution in [-0.2, 0) is 0 Å². The second kappa shape index (κ2) is 13.1. The number of thiophene rings is 1. The average molecular weight is 758 g/mol. The fraction of sp³-hybridized carbons (Fsp3) is 0. The van der Waals surface area contributed by atoms with Crippen LogP contribution in [0.4, 0.5) is 17.1 Å². The molecule has 0 atom stereocenters. The normalized spacial score (nSPS) is 11.8. The highest BCUT2D eigenvalue weighted by Gasteiger charge is 2.23. The Morgan fingerprint density at radius 2 is 0.897 bits per heavy atom. The Kier molecular flexibility index (Phi) is 7.40. The minimum atomic E-state index is 1.10. The van der Waals surface area contributed by atoms with Crippen molar-refractivity contribution in [2.75, 3.05) is 4.90 Å². The van der Waals surface area contributed by atoms with Crippen molar-refractivity contribution < 1.29 is 0 Å². The number of anilines is 3. The SMILES string of the molecule is c1ccc(N(c2ccccc2)c2cc(-c3ccc4c5ccccc5n(-c5ccc6sc7ccccc7c6c5)c4c3)c3c(c2)c2ccccc2n3-c2ccccc2)cc1. The van der Waals surface area contributed by atoms with Crippen molar-refractivity contribution in [3.05, 3.63) is 212 Å². The summed E-state index contributed by atoms with van der Waals surface area (Å²) in [6.07, 6.45) is 0. The lowest BCUT2D eigenvalue weighted by Gasteiger charge is -2.26. The largest absolute Gasteiger partial charge is 0.310 e. The third kappa shape index (κ3) is 5.05. The van der Waals surface area contributed by atoms with Crippen LogP contribution in [0.15, 0.2) is 212 Å². The van der Waals surface area contributed by atoms with Crippen LogP contribution in [0.1, 0.15) is 0 Å². The van der Waals surface area contributed by atoms with Crippen molar-refractivity contribution in [1.29, 1.82) is 0 Å². The molecule has 0 bridgehead atoms. The predicted octanol–water partition coefficient (Wildman–Crippen LogP) is 15.4. The van der Waals surface area contributed by atoms with Crippen LogP contribution in [0.25, 0.3) is 86.3 Å². The first-order valence-electron chi connectivity index (χ1n) is 19.8. The van der Waals surface area contributed by atoms with Gasteiger partial charge in [0.25, 0.3) is 0 Å². The number of hydrogen-bond acceptors (Lipinski definition) is 2. The van der Waals surface area contributed by atoms with E-state index in [-0.39, 0.29) is 0 Å². The second-order valence-electron chi connectivity index (χ2n) is 14.9. The van der Waals surface area contributed by atoms with E-state index in [1.165, 1.54) is 69.3 Å². The maximum absolute atomic E-state index is 2.47. The van der Waals surface area contributed by atoms with Gasteiger partial charge in [-0.1, -0.05) is 121 Å². The highest BCUT2D eigenvalue weighted by atomic mass is 32.1. The molecule has 9 aromatic carbocycles. The van der Waals surface area contributed by atoms with Gasteiger partial charge in [0.05, 0.1) is 22.1 Å². The van der Waals surface area contributed by atoms with Crippen molar-refractivity contribution in [3.63, 3.8) is 0 Å². The molecule has 0 aliphatic heterocycles. The molecular weight excluding hydrogens is 723 g/mol. The molecule has 4 heteroatoms. The molecule has 0 spiro atoms. The van der Waals surface area contributed by atoms with Crippen LogP contribution in [0.5, 0.6) is 0 Å². The zero-order valence-electron chi connectivity index (χ0n) is 31.5. The van der Waals surface area contributed by atoms with E-state index < -0.39 is 0 Å². The van der Waals surface area contributed by atoms with E-state index in [0.29, 0.717) is 0 Å². The van der Waals surface area contributed by atoms with Gasteiger partial charge in [0.1, 0.15) is 0 Å². The lowest BCUT2D eigenvalue weighted by molar-refractivity contribution is 1.18. The molecule has 0 amide bonds. The van der Waals surface area contributed by atoms with Crippen LogP contribution in [0.3, 0.4) is 0 Å². The number of nitrogens with zero attached hydrogens (tertiary/aromatic N) is 3. The Bertz CT molecular complexity index is 3460. The van der Waals surface area contributed by atoms with E-state index in [2.05, 4.69) is 226 Å². The third-order valence-electron chi connectivity index (χ3n) is 11.7. The van der Waals surface area contributed by atoms with E-state index in [9.17, 15) is 0 Å². The molecule has 0 aliphatic carbocycles. The second-order valence-corrected chi connectivity index (χ2v) is 16.0. The van der Waals surface area contributed by atoms with Crippen molar-refractivity contribution >= 4 is 92.2 Å². The minimum absolute atomic E-state index is 1.10. The van der Waals surface area contributed by atoms with Crippen molar-refractivity contribution in [3.8, 4) is 22.5 Å². The predicted molar refractivity (Wildman–Crippen MR) is 248 cm³/mol. The quantitative estimate of drug-likeness (QED) is 0.165. The fourth-order valence-corrected chi connectivity index (χ4v) is 10.2. The van der Waals surface area contributed by atoms with Crippen LogP contribution >= 0.6 is 11.3 Å². The van der Waals surface area contributed by atoms with Crippen molar-refractivity contribution in [1.82, 2.24) is 9.13 Å². The van der Waals surface area contributed by atoms with Crippen LogP contribution in [0, 0.1) is 0 Å². The molecule has 0 saturated carbocycles. The highest BCUT2D eigenvalue weighted by molar-refractivity contribution is 7.25. The molecule has 272 valence electrons. The van der Waals surface area contributed by atoms with Gasteiger partial charge in [0.2, 0.25) is 0 Å². The minimum Gasteiger partial charge on any atom is -0.310 e. The summed E-state index contributed by atoms with van der Waals surface area (Å²) in [6.45, 7) is 0. The van der Waals surface area contributed by atoms with Crippen molar-refractivity contribution in [2.24, 2.45) is 0 Å². The lowest BCUT2D eigenvalue weighted by Crippen LogP contribution is -2.10. The summed E-state index contributed by atoms with van der Waals surface area (Å²) in [6, 6.07) is 77.5. The first-order valence-corrected chi connectivity index (χ1v) is 20.6. The molecule has 3 heterocycles. The Hall–Kier alpha value is -7.40. The lowest BCUT2D eigenvalue weighted by atomic mass is 9.98. The monoisotopic (exact) mass is 757 g/mol. The van der Waals surface area contributed by atoms with Gasteiger partial charge in [-0.15, -0.1) is 11.3 Å². The van der Waals surface area contributed by atoms with Crippen molar-refractivity contribution in [2.45, 2.75) is 0 Å². The summed E-state index contributed by atoms with van der Waals surface area (Å²) < 4.78 is 7.54. The van der Waals surface area contributed by atoms with Crippen LogP contribution in [0.2, 0.25) is 0 Å². The van der Waals surface area contributed by atoms with E-state index >= 15 is 0 Å². The molecule has 3 aromatic heterocycles. The summed E-state index contributed by atoms with van der Waals surface area (Å²) in [5.41, 5.74) is 12.7. The first kappa shape index (κ1) is 32.8. The summed E-state index contributed by atoms with van der Waals surface area (Å²) in [5, 5.41) is 7.51. The number of aromatic nitrogens is 2. The number of fused-ring (bicyclic) bond motifs is 9. The van der Waals surface area contributed by atoms with E-state index in [1.807, 2.05) is 11.3 Å². The van der Waals surface area contributed by atoms with Gasteiger partial charge >= 0.3 is 0 Å². The molecule has 12 rings (SSSR count). The summed E-state index contributed by atoms with van der Waals surface area (Å²) in [7, 11) is 0. The molecular formula is C54H35N3S. The summed E-state index contributed by atoms with van der Waals surface area (Å²) >= 11 is 1.86. The van der Waals surface area contributed by atoms with E-state index in [4.69, 9.17) is 0 Å². The van der Waals surface area contributed by atoms with Gasteiger partial charge in [-0.3, -0.25) is 0 Å². The van der Waals surface area contributed by atoms with Gasteiger partial charge in [-0.25, -0.2) is 0 Å². The maximum Gasteiger partial charge on any atom is 0.0621 e. The molecule has 0 aliphatic rings. The zero-order chi connectivity index (χ0) is 38.2. The Morgan fingerprint density at radius 3 is 1.62 bits per heavy atom. The molecule has 0 unspecified atom stereocenters. The van der Waals surface area contributed by atoms with Gasteiger partial charge in [0, 0.05) is 75.7 Å². The zero-order valence-corrected chi connectivity index (χ0v) is 32.3. The van der Waals surface area contributed by atoms with Crippen LogP contribution in [-0.4, -0.2) is 9.13 Å². The molecule has 0 N–H and O–H groups in total. The summed E-state index contributed by atoms with van der Waals surface area (Å²) in [5.74, 6) is 0. The molecule has 58 heavy (non-hydrogen) atoms.